The summed E-state index contributed by atoms with van der Waals surface area (Å²) in [4.78, 5) is 4.36. The molecule has 0 aliphatic rings. The van der Waals surface area contributed by atoms with Crippen LogP contribution >= 0.6 is 0 Å². The van der Waals surface area contributed by atoms with E-state index in [4.69, 9.17) is 5.73 Å². The van der Waals surface area contributed by atoms with Crippen LogP contribution in [-0.4, -0.2) is 25.9 Å². The van der Waals surface area contributed by atoms with Crippen LogP contribution in [0.4, 0.5) is 0 Å². The van der Waals surface area contributed by atoms with E-state index >= 15 is 0 Å². The smallest absolute Gasteiger partial charge is 0.137 e. The van der Waals surface area contributed by atoms with Crippen molar-refractivity contribution in [1.82, 2.24) is 9.38 Å². The van der Waals surface area contributed by atoms with Crippen LogP contribution in [0.3, 0.4) is 0 Å². The third kappa shape index (κ3) is 2.43. The van der Waals surface area contributed by atoms with Crippen molar-refractivity contribution in [1.29, 1.82) is 0 Å². The number of nitrogens with zero attached hydrogens (tertiary/aromatic N) is 2. The van der Waals surface area contributed by atoms with Gasteiger partial charge in [0.1, 0.15) is 5.65 Å². The fourth-order valence-corrected chi connectivity index (χ4v) is 2.30. The molecule has 4 nitrogen and oxygen atoms in total. The molecule has 2 N–H and O–H groups in total. The second-order valence-corrected chi connectivity index (χ2v) is 4.85. The molecule has 5 heteroatoms. The summed E-state index contributed by atoms with van der Waals surface area (Å²) >= 11 is 0. The molecule has 0 spiro atoms. The number of imidazole rings is 1. The standard InChI is InChI=1S/C10H13N3OS/c11-4-6-15(14)8-9-7-13-5-2-1-3-10(13)12-9/h1-3,5,7H,4,6,8,11H2. The Hall–Kier alpha value is -1.20. The highest BCUT2D eigenvalue weighted by Crippen LogP contribution is 2.06. The van der Waals surface area contributed by atoms with Gasteiger partial charge in [-0.05, 0) is 12.1 Å². The molecule has 2 heterocycles. The summed E-state index contributed by atoms with van der Waals surface area (Å²) in [6.45, 7) is 0.458. The van der Waals surface area contributed by atoms with E-state index in [0.717, 1.165) is 11.3 Å². The lowest BCUT2D eigenvalue weighted by molar-refractivity contribution is 0.682. The van der Waals surface area contributed by atoms with Crippen molar-refractivity contribution in [3.63, 3.8) is 0 Å². The van der Waals surface area contributed by atoms with Gasteiger partial charge in [0.05, 0.1) is 11.4 Å². The summed E-state index contributed by atoms with van der Waals surface area (Å²) in [7, 11) is -0.899. The molecule has 0 aliphatic carbocycles. The molecule has 2 aromatic heterocycles. The lowest BCUT2D eigenvalue weighted by Gasteiger charge is -1.95. The number of pyridine rings is 1. The van der Waals surface area contributed by atoms with Gasteiger partial charge in [0.2, 0.25) is 0 Å². The molecule has 0 bridgehead atoms. The Morgan fingerprint density at radius 3 is 3.07 bits per heavy atom. The van der Waals surface area contributed by atoms with E-state index in [1.165, 1.54) is 0 Å². The highest BCUT2D eigenvalue weighted by Gasteiger charge is 2.04. The molecule has 0 aromatic carbocycles. The third-order valence-corrected chi connectivity index (χ3v) is 3.38. The van der Waals surface area contributed by atoms with Gasteiger partial charge in [0.15, 0.2) is 0 Å². The Balaban J connectivity index is 2.18. The monoisotopic (exact) mass is 223 g/mol. The first kappa shape index (κ1) is 10.3. The van der Waals surface area contributed by atoms with Crippen LogP contribution in [0.15, 0.2) is 30.6 Å². The van der Waals surface area contributed by atoms with Crippen LogP contribution < -0.4 is 5.73 Å². The topological polar surface area (TPSA) is 60.4 Å². The third-order valence-electron chi connectivity index (χ3n) is 2.07. The van der Waals surface area contributed by atoms with Crippen molar-refractivity contribution in [2.24, 2.45) is 5.73 Å². The Labute approximate surface area is 90.6 Å². The zero-order valence-corrected chi connectivity index (χ0v) is 9.11. The van der Waals surface area contributed by atoms with Crippen molar-refractivity contribution in [3.8, 4) is 0 Å². The molecule has 2 aromatic rings. The number of aromatic nitrogens is 2. The van der Waals surface area contributed by atoms with E-state index in [1.807, 2.05) is 35.0 Å². The van der Waals surface area contributed by atoms with E-state index in [-0.39, 0.29) is 0 Å². The van der Waals surface area contributed by atoms with Crippen LogP contribution in [0.5, 0.6) is 0 Å². The molecule has 0 saturated carbocycles. The van der Waals surface area contributed by atoms with E-state index in [1.54, 1.807) is 0 Å². The quantitative estimate of drug-likeness (QED) is 0.823. The molecular weight excluding hydrogens is 210 g/mol. The number of hydrogen-bond donors (Lipinski definition) is 1. The predicted octanol–water partition coefficient (Wildman–Crippen LogP) is 0.542. The second kappa shape index (κ2) is 4.55. The molecule has 0 radical (unpaired) electrons. The van der Waals surface area contributed by atoms with E-state index in [2.05, 4.69) is 4.98 Å². The minimum absolute atomic E-state index is 0.458. The molecule has 80 valence electrons. The molecule has 0 aliphatic heterocycles. The van der Waals surface area contributed by atoms with Crippen molar-refractivity contribution in [2.45, 2.75) is 5.75 Å². The number of hydrogen-bond acceptors (Lipinski definition) is 3. The minimum Gasteiger partial charge on any atom is -0.330 e. The molecule has 15 heavy (non-hydrogen) atoms. The van der Waals surface area contributed by atoms with Gasteiger partial charge in [-0.2, -0.15) is 0 Å². The molecule has 2 rings (SSSR count). The highest BCUT2D eigenvalue weighted by atomic mass is 32.2. The van der Waals surface area contributed by atoms with Gasteiger partial charge in [0, 0.05) is 35.5 Å². The van der Waals surface area contributed by atoms with Crippen molar-refractivity contribution in [3.05, 3.63) is 36.3 Å². The first-order valence-electron chi connectivity index (χ1n) is 4.77. The Bertz CT molecular complexity index is 447. The van der Waals surface area contributed by atoms with E-state index < -0.39 is 10.8 Å². The van der Waals surface area contributed by atoms with Gasteiger partial charge in [-0.1, -0.05) is 6.07 Å². The van der Waals surface area contributed by atoms with E-state index in [0.29, 0.717) is 18.1 Å². The average Bonchev–Trinajstić information content (AvgIpc) is 2.59. The summed E-state index contributed by atoms with van der Waals surface area (Å²) in [5, 5.41) is 0. The lowest BCUT2D eigenvalue weighted by Crippen LogP contribution is -2.11. The van der Waals surface area contributed by atoms with Crippen LogP contribution in [0.2, 0.25) is 0 Å². The predicted molar refractivity (Wildman–Crippen MR) is 61.0 cm³/mol. The van der Waals surface area contributed by atoms with Gasteiger partial charge in [-0.15, -0.1) is 0 Å². The number of rotatable bonds is 4. The summed E-state index contributed by atoms with van der Waals surface area (Å²) in [5.41, 5.74) is 7.08. The van der Waals surface area contributed by atoms with Gasteiger partial charge in [-0.25, -0.2) is 4.98 Å². The van der Waals surface area contributed by atoms with Crippen molar-refractivity contribution in [2.75, 3.05) is 12.3 Å². The highest BCUT2D eigenvalue weighted by molar-refractivity contribution is 7.84. The minimum atomic E-state index is -0.899. The van der Waals surface area contributed by atoms with Crippen LogP contribution in [-0.2, 0) is 16.6 Å². The number of fused-ring (bicyclic) bond motifs is 1. The first-order valence-corrected chi connectivity index (χ1v) is 6.26. The molecular formula is C10H13N3OS. The zero-order valence-electron chi connectivity index (χ0n) is 8.30. The summed E-state index contributed by atoms with van der Waals surface area (Å²) in [6.07, 6.45) is 3.83. The Morgan fingerprint density at radius 1 is 1.47 bits per heavy atom. The maximum absolute atomic E-state index is 11.5. The van der Waals surface area contributed by atoms with Crippen LogP contribution in [0.25, 0.3) is 5.65 Å². The average molecular weight is 223 g/mol. The number of nitrogens with two attached hydrogens (primary N) is 1. The van der Waals surface area contributed by atoms with Crippen molar-refractivity contribution >= 4 is 16.4 Å². The van der Waals surface area contributed by atoms with Gasteiger partial charge in [-0.3, -0.25) is 4.21 Å². The summed E-state index contributed by atoms with van der Waals surface area (Å²) < 4.78 is 13.4. The van der Waals surface area contributed by atoms with Crippen LogP contribution in [0.1, 0.15) is 5.69 Å². The largest absolute Gasteiger partial charge is 0.330 e. The lowest BCUT2D eigenvalue weighted by atomic mass is 10.5. The maximum atomic E-state index is 11.5. The zero-order chi connectivity index (χ0) is 10.7. The normalized spacial score (nSPS) is 13.1. The molecule has 1 unspecified atom stereocenters. The molecule has 0 fully saturated rings. The van der Waals surface area contributed by atoms with Gasteiger partial charge in [0.25, 0.3) is 0 Å². The Morgan fingerprint density at radius 2 is 2.33 bits per heavy atom. The molecule has 0 amide bonds. The maximum Gasteiger partial charge on any atom is 0.137 e. The summed E-state index contributed by atoms with van der Waals surface area (Å²) in [6, 6.07) is 5.80. The van der Waals surface area contributed by atoms with Crippen molar-refractivity contribution < 1.29 is 4.21 Å². The van der Waals surface area contributed by atoms with Crippen LogP contribution in [0, 0.1) is 0 Å². The van der Waals surface area contributed by atoms with Gasteiger partial charge >= 0.3 is 0 Å². The fraction of sp³-hybridized carbons (Fsp3) is 0.300. The SMILES string of the molecule is NCCS(=O)Cc1cn2ccccc2n1. The molecule has 0 saturated heterocycles. The van der Waals surface area contributed by atoms with Gasteiger partial charge < -0.3 is 10.1 Å². The first-order chi connectivity index (χ1) is 7.29. The fourth-order valence-electron chi connectivity index (χ4n) is 1.43. The summed E-state index contributed by atoms with van der Waals surface area (Å²) in [5.74, 6) is 1.02. The second-order valence-electron chi connectivity index (χ2n) is 3.28. The molecule has 1 atom stereocenters. The van der Waals surface area contributed by atoms with E-state index in [9.17, 15) is 4.21 Å². The Kier molecular flexibility index (Phi) is 3.13.